The highest BCUT2D eigenvalue weighted by Crippen LogP contribution is 2.27. The summed E-state index contributed by atoms with van der Waals surface area (Å²) in [7, 11) is 0. The Labute approximate surface area is 174 Å². The van der Waals surface area contributed by atoms with Crippen LogP contribution in [0.1, 0.15) is 42.4 Å². The smallest absolute Gasteiger partial charge is 0.197 e. The molecule has 0 unspecified atom stereocenters. The van der Waals surface area contributed by atoms with Crippen LogP contribution in [0.25, 0.3) is 11.0 Å². The summed E-state index contributed by atoms with van der Waals surface area (Å²) in [6.45, 7) is 6.36. The minimum atomic E-state index is 0.00968. The van der Waals surface area contributed by atoms with Gasteiger partial charge >= 0.3 is 0 Å². The highest BCUT2D eigenvalue weighted by molar-refractivity contribution is 9.11. The second-order valence-electron chi connectivity index (χ2n) is 7.17. The first kappa shape index (κ1) is 18.8. The summed E-state index contributed by atoms with van der Waals surface area (Å²) in [5, 5.41) is 0.580. The first-order chi connectivity index (χ1) is 12.9. The molecule has 0 bridgehead atoms. The molecular weight excluding hydrogens is 474 g/mol. The average Bonchev–Trinajstić information content (AvgIpc) is 2.64. The van der Waals surface area contributed by atoms with Crippen molar-refractivity contribution in [3.63, 3.8) is 0 Å². The molecule has 3 heterocycles. The Bertz CT molecular complexity index is 1080. The largest absolute Gasteiger partial charge is 0.463 e. The topological polar surface area (TPSA) is 59.2 Å². The summed E-state index contributed by atoms with van der Waals surface area (Å²) in [6, 6.07) is 3.68. The van der Waals surface area contributed by atoms with Crippen LogP contribution in [0.3, 0.4) is 0 Å². The molecule has 1 aliphatic rings. The van der Waals surface area contributed by atoms with Crippen LogP contribution in [-0.2, 0) is 19.5 Å². The molecule has 0 amide bonds. The molecule has 0 N–H and O–H groups in total. The lowest BCUT2D eigenvalue weighted by molar-refractivity contribution is 0.240. The van der Waals surface area contributed by atoms with E-state index in [1.54, 1.807) is 6.26 Å². The van der Waals surface area contributed by atoms with Crippen LogP contribution in [0.4, 0.5) is 0 Å². The van der Waals surface area contributed by atoms with E-state index >= 15 is 0 Å². The van der Waals surface area contributed by atoms with Crippen molar-refractivity contribution in [3.8, 4) is 0 Å². The van der Waals surface area contributed by atoms with Gasteiger partial charge in [0.15, 0.2) is 11.0 Å². The Balaban J connectivity index is 1.60. The number of nitrogens with zero attached hydrogens (tertiary/aromatic N) is 3. The quantitative estimate of drug-likeness (QED) is 0.526. The molecule has 0 atom stereocenters. The molecule has 0 aliphatic carbocycles. The Morgan fingerprint density at radius 1 is 1.30 bits per heavy atom. The Hall–Kier alpha value is -1.57. The number of hydrogen-bond donors (Lipinski definition) is 0. The van der Waals surface area contributed by atoms with E-state index in [0.717, 1.165) is 45.5 Å². The first-order valence-corrected chi connectivity index (χ1v) is 10.5. The average molecular weight is 493 g/mol. The van der Waals surface area contributed by atoms with Crippen LogP contribution < -0.4 is 5.43 Å². The molecule has 0 saturated heterocycles. The van der Waals surface area contributed by atoms with E-state index in [1.807, 2.05) is 18.3 Å². The second-order valence-corrected chi connectivity index (χ2v) is 8.94. The SMILES string of the molecule is CC(C)c1ncc2c(n1)CCN(Cc1coc3c(Br)cc(Br)cc3c1=O)C2. The third kappa shape index (κ3) is 3.73. The van der Waals surface area contributed by atoms with Crippen LogP contribution in [0.15, 0.2) is 42.7 Å². The van der Waals surface area contributed by atoms with Crippen molar-refractivity contribution in [2.75, 3.05) is 6.54 Å². The van der Waals surface area contributed by atoms with Crippen molar-refractivity contribution in [2.24, 2.45) is 0 Å². The highest BCUT2D eigenvalue weighted by Gasteiger charge is 2.21. The Morgan fingerprint density at radius 2 is 2.11 bits per heavy atom. The summed E-state index contributed by atoms with van der Waals surface area (Å²) < 4.78 is 7.35. The summed E-state index contributed by atoms with van der Waals surface area (Å²) in [5.74, 6) is 1.22. The molecular formula is C20H19Br2N3O2. The fourth-order valence-corrected chi connectivity index (χ4v) is 4.68. The zero-order valence-electron chi connectivity index (χ0n) is 15.1. The van der Waals surface area contributed by atoms with Crippen LogP contribution in [-0.4, -0.2) is 21.4 Å². The van der Waals surface area contributed by atoms with Gasteiger partial charge in [0.1, 0.15) is 5.82 Å². The molecule has 0 fully saturated rings. The van der Waals surface area contributed by atoms with Crippen molar-refractivity contribution in [1.29, 1.82) is 0 Å². The van der Waals surface area contributed by atoms with E-state index in [9.17, 15) is 4.79 Å². The molecule has 7 heteroatoms. The van der Waals surface area contributed by atoms with Gasteiger partial charge in [-0.3, -0.25) is 9.69 Å². The molecule has 4 rings (SSSR count). The molecule has 5 nitrogen and oxygen atoms in total. The minimum Gasteiger partial charge on any atom is -0.463 e. The third-order valence-corrected chi connectivity index (χ3v) is 5.85. The van der Waals surface area contributed by atoms with Gasteiger partial charge in [0, 0.05) is 59.5 Å². The fourth-order valence-electron chi connectivity index (χ4n) is 3.36. The summed E-state index contributed by atoms with van der Waals surface area (Å²) >= 11 is 6.89. The minimum absolute atomic E-state index is 0.00968. The number of rotatable bonds is 3. The molecule has 1 aliphatic heterocycles. The number of aromatic nitrogens is 2. The molecule has 3 aromatic rings. The van der Waals surface area contributed by atoms with Gasteiger partial charge in [0.05, 0.1) is 16.1 Å². The normalized spacial score (nSPS) is 14.7. The van der Waals surface area contributed by atoms with E-state index in [0.29, 0.717) is 29.0 Å². The van der Waals surface area contributed by atoms with Crippen molar-refractivity contribution >= 4 is 42.8 Å². The number of fused-ring (bicyclic) bond motifs is 2. The highest BCUT2D eigenvalue weighted by atomic mass is 79.9. The molecule has 2 aromatic heterocycles. The number of halogens is 2. The molecule has 0 radical (unpaired) electrons. The maximum atomic E-state index is 12.9. The van der Waals surface area contributed by atoms with Crippen molar-refractivity contribution in [3.05, 3.63) is 66.4 Å². The molecule has 0 spiro atoms. The number of hydrogen-bond acceptors (Lipinski definition) is 5. The van der Waals surface area contributed by atoms with Crippen molar-refractivity contribution < 1.29 is 4.42 Å². The van der Waals surface area contributed by atoms with Crippen molar-refractivity contribution in [1.82, 2.24) is 14.9 Å². The maximum absolute atomic E-state index is 12.9. The Morgan fingerprint density at radius 3 is 2.89 bits per heavy atom. The van der Waals surface area contributed by atoms with Gasteiger partial charge in [-0.25, -0.2) is 9.97 Å². The predicted octanol–water partition coefficient (Wildman–Crippen LogP) is 4.79. The van der Waals surface area contributed by atoms with Gasteiger partial charge in [-0.1, -0.05) is 29.8 Å². The van der Waals surface area contributed by atoms with Gasteiger partial charge in [-0.2, -0.15) is 0 Å². The van der Waals surface area contributed by atoms with Crippen LogP contribution >= 0.6 is 31.9 Å². The van der Waals surface area contributed by atoms with Crippen LogP contribution in [0, 0.1) is 0 Å². The van der Waals surface area contributed by atoms with Gasteiger partial charge in [0.25, 0.3) is 0 Å². The third-order valence-electron chi connectivity index (χ3n) is 4.81. The molecule has 140 valence electrons. The number of benzene rings is 1. The lowest BCUT2D eigenvalue weighted by Gasteiger charge is -2.28. The molecule has 0 saturated carbocycles. The van der Waals surface area contributed by atoms with E-state index in [2.05, 4.69) is 55.6 Å². The maximum Gasteiger partial charge on any atom is 0.197 e. The fraction of sp³-hybridized carbons (Fsp3) is 0.350. The van der Waals surface area contributed by atoms with Crippen molar-refractivity contribution in [2.45, 2.75) is 39.3 Å². The molecule has 1 aromatic carbocycles. The van der Waals surface area contributed by atoms with E-state index in [4.69, 9.17) is 9.40 Å². The summed E-state index contributed by atoms with van der Waals surface area (Å²) in [4.78, 5) is 24.3. The van der Waals surface area contributed by atoms with E-state index in [1.165, 1.54) is 0 Å². The van der Waals surface area contributed by atoms with E-state index in [-0.39, 0.29) is 5.43 Å². The summed E-state index contributed by atoms with van der Waals surface area (Å²) in [6.07, 6.45) is 4.38. The Kier molecular flexibility index (Phi) is 5.18. The van der Waals surface area contributed by atoms with Crippen LogP contribution in [0.2, 0.25) is 0 Å². The van der Waals surface area contributed by atoms with Gasteiger partial charge < -0.3 is 4.42 Å². The van der Waals surface area contributed by atoms with Crippen LogP contribution in [0.5, 0.6) is 0 Å². The lowest BCUT2D eigenvalue weighted by Crippen LogP contribution is -2.32. The lowest BCUT2D eigenvalue weighted by atomic mass is 10.1. The zero-order chi connectivity index (χ0) is 19.1. The zero-order valence-corrected chi connectivity index (χ0v) is 18.3. The van der Waals surface area contributed by atoms with E-state index < -0.39 is 0 Å². The van der Waals surface area contributed by atoms with Gasteiger partial charge in [-0.05, 0) is 28.1 Å². The monoisotopic (exact) mass is 491 g/mol. The second kappa shape index (κ2) is 7.45. The predicted molar refractivity (Wildman–Crippen MR) is 112 cm³/mol. The van der Waals surface area contributed by atoms with Gasteiger partial charge in [0.2, 0.25) is 0 Å². The van der Waals surface area contributed by atoms with Gasteiger partial charge in [-0.15, -0.1) is 0 Å². The molecule has 27 heavy (non-hydrogen) atoms. The standard InChI is InChI=1S/C20H19Br2N3O2/c1-11(2)20-23-7-12-8-25(4-3-17(12)24-20)9-13-10-27-19-15(18(13)26)5-14(21)6-16(19)22/h5-7,10-11H,3-4,8-9H2,1-2H3. The first-order valence-electron chi connectivity index (χ1n) is 8.89. The summed E-state index contributed by atoms with van der Waals surface area (Å²) in [5.41, 5.74) is 3.52.